The standard InChI is InChI=1S/C16H12N2O2/c19-15(9-6-11-4-2-1-3-5-11)12-7-8-13-14(10-12)18-16(20)17-13/h1-10H,(H2,17,18,20)/b9-6+. The number of benzene rings is 2. The lowest BCUT2D eigenvalue weighted by atomic mass is 10.1. The second-order valence-electron chi connectivity index (χ2n) is 4.45. The Morgan fingerprint density at radius 2 is 1.70 bits per heavy atom. The third-order valence-electron chi connectivity index (χ3n) is 3.03. The van der Waals surface area contributed by atoms with Crippen LogP contribution in [0.25, 0.3) is 17.1 Å². The van der Waals surface area contributed by atoms with Crippen LogP contribution in [0.15, 0.2) is 59.4 Å². The molecule has 20 heavy (non-hydrogen) atoms. The molecule has 3 aromatic rings. The highest BCUT2D eigenvalue weighted by atomic mass is 16.1. The van der Waals surface area contributed by atoms with Crippen LogP contribution in [0, 0.1) is 0 Å². The van der Waals surface area contributed by atoms with E-state index in [1.807, 2.05) is 30.3 Å². The third-order valence-corrected chi connectivity index (χ3v) is 3.03. The Morgan fingerprint density at radius 1 is 0.950 bits per heavy atom. The number of H-pyrrole nitrogens is 2. The molecule has 0 bridgehead atoms. The van der Waals surface area contributed by atoms with Gasteiger partial charge in [0.25, 0.3) is 0 Å². The SMILES string of the molecule is O=C(/C=C/c1ccccc1)c1ccc2[nH]c(=O)[nH]c2c1. The van der Waals surface area contributed by atoms with Gasteiger partial charge in [0.05, 0.1) is 11.0 Å². The van der Waals surface area contributed by atoms with Gasteiger partial charge >= 0.3 is 5.69 Å². The second-order valence-corrected chi connectivity index (χ2v) is 4.45. The van der Waals surface area contributed by atoms with Gasteiger partial charge in [0.2, 0.25) is 0 Å². The summed E-state index contributed by atoms with van der Waals surface area (Å²) in [6.45, 7) is 0. The van der Waals surface area contributed by atoms with Gasteiger partial charge in [-0.1, -0.05) is 36.4 Å². The molecule has 0 saturated heterocycles. The van der Waals surface area contributed by atoms with E-state index >= 15 is 0 Å². The van der Waals surface area contributed by atoms with E-state index in [4.69, 9.17) is 0 Å². The highest BCUT2D eigenvalue weighted by molar-refractivity contribution is 6.08. The fraction of sp³-hybridized carbons (Fsp3) is 0. The van der Waals surface area contributed by atoms with Crippen LogP contribution in [0.2, 0.25) is 0 Å². The van der Waals surface area contributed by atoms with Crippen molar-refractivity contribution in [1.29, 1.82) is 0 Å². The first-order valence-corrected chi connectivity index (χ1v) is 6.22. The van der Waals surface area contributed by atoms with Crippen molar-refractivity contribution in [3.8, 4) is 0 Å². The Balaban J connectivity index is 1.88. The van der Waals surface area contributed by atoms with Crippen LogP contribution in [0.4, 0.5) is 0 Å². The van der Waals surface area contributed by atoms with E-state index in [0.717, 1.165) is 5.56 Å². The number of rotatable bonds is 3. The number of imidazole rings is 1. The zero-order valence-corrected chi connectivity index (χ0v) is 10.6. The molecule has 1 aromatic heterocycles. The number of aromatic amines is 2. The van der Waals surface area contributed by atoms with Gasteiger partial charge in [-0.25, -0.2) is 4.79 Å². The minimum absolute atomic E-state index is 0.0993. The number of allylic oxidation sites excluding steroid dienone is 1. The van der Waals surface area contributed by atoms with Crippen LogP contribution in [0.1, 0.15) is 15.9 Å². The average molecular weight is 264 g/mol. The first-order chi connectivity index (χ1) is 9.72. The van der Waals surface area contributed by atoms with E-state index < -0.39 is 0 Å². The maximum atomic E-state index is 12.1. The van der Waals surface area contributed by atoms with Gasteiger partial charge in [0.1, 0.15) is 0 Å². The lowest BCUT2D eigenvalue weighted by molar-refractivity contribution is 0.104. The van der Waals surface area contributed by atoms with Gasteiger partial charge in [0, 0.05) is 5.56 Å². The van der Waals surface area contributed by atoms with Gasteiger partial charge in [0.15, 0.2) is 5.78 Å². The molecular weight excluding hydrogens is 252 g/mol. The number of carbonyl (C=O) groups excluding carboxylic acids is 1. The number of ketones is 1. The predicted molar refractivity (Wildman–Crippen MR) is 78.7 cm³/mol. The lowest BCUT2D eigenvalue weighted by Crippen LogP contribution is -1.99. The Hall–Kier alpha value is -2.88. The van der Waals surface area contributed by atoms with Gasteiger partial charge in [-0.05, 0) is 29.8 Å². The van der Waals surface area contributed by atoms with Crippen molar-refractivity contribution in [2.24, 2.45) is 0 Å². The summed E-state index contributed by atoms with van der Waals surface area (Å²) < 4.78 is 0. The number of nitrogens with one attached hydrogen (secondary N) is 2. The van der Waals surface area contributed by atoms with E-state index in [9.17, 15) is 9.59 Å². The molecule has 0 radical (unpaired) electrons. The monoisotopic (exact) mass is 264 g/mol. The van der Waals surface area contributed by atoms with Crippen molar-refractivity contribution in [2.45, 2.75) is 0 Å². The molecule has 0 spiro atoms. The quantitative estimate of drug-likeness (QED) is 0.564. The normalized spacial score (nSPS) is 11.2. The van der Waals surface area contributed by atoms with E-state index in [0.29, 0.717) is 16.6 Å². The molecule has 0 saturated carbocycles. The average Bonchev–Trinajstić information content (AvgIpc) is 2.85. The van der Waals surface area contributed by atoms with Crippen molar-refractivity contribution >= 4 is 22.9 Å². The zero-order chi connectivity index (χ0) is 13.9. The Labute approximate surface area is 114 Å². The molecule has 4 nitrogen and oxygen atoms in total. The summed E-state index contributed by atoms with van der Waals surface area (Å²) in [4.78, 5) is 28.5. The molecule has 0 unspecified atom stereocenters. The molecule has 2 N–H and O–H groups in total. The highest BCUT2D eigenvalue weighted by Gasteiger charge is 2.04. The lowest BCUT2D eigenvalue weighted by Gasteiger charge is -1.96. The maximum absolute atomic E-state index is 12.1. The van der Waals surface area contributed by atoms with E-state index in [2.05, 4.69) is 9.97 Å². The topological polar surface area (TPSA) is 65.7 Å². The largest absolute Gasteiger partial charge is 0.323 e. The van der Waals surface area contributed by atoms with Gasteiger partial charge in [-0.2, -0.15) is 0 Å². The summed E-state index contributed by atoms with van der Waals surface area (Å²) in [7, 11) is 0. The predicted octanol–water partition coefficient (Wildman–Crippen LogP) is 2.75. The molecule has 0 amide bonds. The first-order valence-electron chi connectivity index (χ1n) is 6.22. The minimum Gasteiger partial charge on any atom is -0.306 e. The highest BCUT2D eigenvalue weighted by Crippen LogP contribution is 2.12. The van der Waals surface area contributed by atoms with Gasteiger partial charge in [-0.15, -0.1) is 0 Å². The smallest absolute Gasteiger partial charge is 0.306 e. The number of hydrogen-bond acceptors (Lipinski definition) is 2. The molecule has 3 rings (SSSR count). The van der Waals surface area contributed by atoms with Crippen LogP contribution in [0.3, 0.4) is 0 Å². The summed E-state index contributed by atoms with van der Waals surface area (Å²) in [5.74, 6) is -0.0993. The number of aromatic nitrogens is 2. The first kappa shape index (κ1) is 12.2. The van der Waals surface area contributed by atoms with Crippen molar-refractivity contribution < 1.29 is 4.79 Å². The molecule has 4 heteroatoms. The molecular formula is C16H12N2O2. The van der Waals surface area contributed by atoms with Gasteiger partial charge < -0.3 is 9.97 Å². The van der Waals surface area contributed by atoms with Crippen molar-refractivity contribution in [3.05, 3.63) is 76.2 Å². The Morgan fingerprint density at radius 3 is 2.50 bits per heavy atom. The molecule has 98 valence electrons. The fourth-order valence-corrected chi connectivity index (χ4v) is 2.02. The van der Waals surface area contributed by atoms with Crippen molar-refractivity contribution in [3.63, 3.8) is 0 Å². The van der Waals surface area contributed by atoms with Crippen LogP contribution in [0.5, 0.6) is 0 Å². The number of hydrogen-bond donors (Lipinski definition) is 2. The number of fused-ring (bicyclic) bond motifs is 1. The third kappa shape index (κ3) is 2.44. The van der Waals surface area contributed by atoms with Crippen molar-refractivity contribution in [2.75, 3.05) is 0 Å². The summed E-state index contributed by atoms with van der Waals surface area (Å²) in [5, 5.41) is 0. The van der Waals surface area contributed by atoms with Crippen LogP contribution in [-0.2, 0) is 0 Å². The molecule has 0 fully saturated rings. The molecule has 0 aliphatic rings. The van der Waals surface area contributed by atoms with Crippen molar-refractivity contribution in [1.82, 2.24) is 9.97 Å². The maximum Gasteiger partial charge on any atom is 0.323 e. The molecule has 2 aromatic carbocycles. The number of carbonyl (C=O) groups is 1. The van der Waals surface area contributed by atoms with E-state index in [1.165, 1.54) is 6.08 Å². The summed E-state index contributed by atoms with van der Waals surface area (Å²) in [6.07, 6.45) is 3.30. The van der Waals surface area contributed by atoms with Gasteiger partial charge in [-0.3, -0.25) is 4.79 Å². The van der Waals surface area contributed by atoms with Crippen LogP contribution < -0.4 is 5.69 Å². The zero-order valence-electron chi connectivity index (χ0n) is 10.6. The van der Waals surface area contributed by atoms with E-state index in [-0.39, 0.29) is 11.5 Å². The molecule has 0 aliphatic heterocycles. The minimum atomic E-state index is -0.274. The van der Waals surface area contributed by atoms with Crippen LogP contribution >= 0.6 is 0 Å². The van der Waals surface area contributed by atoms with Crippen LogP contribution in [-0.4, -0.2) is 15.8 Å². The second kappa shape index (κ2) is 5.01. The Bertz CT molecular complexity index is 842. The van der Waals surface area contributed by atoms with E-state index in [1.54, 1.807) is 24.3 Å². The summed E-state index contributed by atoms with van der Waals surface area (Å²) in [5.41, 5.74) is 2.56. The molecule has 1 heterocycles. The molecule has 0 aliphatic carbocycles. The fourth-order valence-electron chi connectivity index (χ4n) is 2.02. The Kier molecular flexibility index (Phi) is 3.05. The summed E-state index contributed by atoms with van der Waals surface area (Å²) in [6, 6.07) is 14.7. The summed E-state index contributed by atoms with van der Waals surface area (Å²) >= 11 is 0. The molecule has 0 atom stereocenters.